The first-order valence-corrected chi connectivity index (χ1v) is 12.6. The number of amides is 3. The van der Waals surface area contributed by atoms with E-state index in [1.807, 2.05) is 52.8 Å². The summed E-state index contributed by atoms with van der Waals surface area (Å²) in [5, 5.41) is 5.50. The van der Waals surface area contributed by atoms with Gasteiger partial charge in [-0.05, 0) is 63.9 Å². The van der Waals surface area contributed by atoms with Crippen LogP contribution >= 0.6 is 0 Å². The van der Waals surface area contributed by atoms with Gasteiger partial charge in [-0.2, -0.15) is 0 Å². The number of hydrogen-bond acceptors (Lipinski definition) is 6. The molecule has 35 heavy (non-hydrogen) atoms. The van der Waals surface area contributed by atoms with Gasteiger partial charge in [0.2, 0.25) is 24.5 Å². The van der Waals surface area contributed by atoms with Crippen LogP contribution in [0.5, 0.6) is 11.5 Å². The van der Waals surface area contributed by atoms with Crippen LogP contribution in [-0.4, -0.2) is 52.3 Å². The van der Waals surface area contributed by atoms with Crippen molar-refractivity contribution >= 4 is 39.9 Å². The molecule has 188 valence electrons. The monoisotopic (exact) mass is 501 g/mol. The summed E-state index contributed by atoms with van der Waals surface area (Å²) < 4.78 is 23.2. The Bertz CT molecular complexity index is 1160. The fraction of sp³-hybridized carbons (Fsp3) is 0.400. The van der Waals surface area contributed by atoms with Gasteiger partial charge in [-0.25, -0.2) is 0 Å². The highest BCUT2D eigenvalue weighted by molar-refractivity contribution is 7.86. The lowest BCUT2D eigenvalue weighted by molar-refractivity contribution is -0.124. The molecular formula is C25H31N3O6S. The van der Waals surface area contributed by atoms with Gasteiger partial charge in [0, 0.05) is 33.8 Å². The van der Waals surface area contributed by atoms with Gasteiger partial charge in [-0.1, -0.05) is 12.1 Å². The van der Waals surface area contributed by atoms with Gasteiger partial charge >= 0.3 is 0 Å². The molecule has 0 unspecified atom stereocenters. The zero-order valence-corrected chi connectivity index (χ0v) is 21.4. The SMILES string of the molecule is Cc1ccc(C)c(N(CC(=O)NC(C)(C)C)C(=O)C[S@@](=O)CC(=O)Nc2ccc3c(c2)OCO3)c1. The first-order valence-electron chi connectivity index (χ1n) is 11.1. The first kappa shape index (κ1) is 26.2. The van der Waals surface area contributed by atoms with E-state index in [9.17, 15) is 18.6 Å². The molecule has 0 saturated heterocycles. The molecule has 9 nitrogen and oxygen atoms in total. The Balaban J connectivity index is 1.67. The summed E-state index contributed by atoms with van der Waals surface area (Å²) in [6, 6.07) is 10.5. The lowest BCUT2D eigenvalue weighted by Gasteiger charge is -2.27. The number of hydrogen-bond donors (Lipinski definition) is 2. The third-order valence-electron chi connectivity index (χ3n) is 5.01. The minimum absolute atomic E-state index is 0.115. The zero-order valence-electron chi connectivity index (χ0n) is 20.6. The molecule has 2 N–H and O–H groups in total. The molecule has 0 bridgehead atoms. The molecule has 10 heteroatoms. The number of aryl methyl sites for hydroxylation is 2. The van der Waals surface area contributed by atoms with Crippen molar-refractivity contribution in [1.29, 1.82) is 0 Å². The summed E-state index contributed by atoms with van der Waals surface area (Å²) in [4.78, 5) is 39.5. The lowest BCUT2D eigenvalue weighted by atomic mass is 10.1. The van der Waals surface area contributed by atoms with Crippen LogP contribution in [0.1, 0.15) is 31.9 Å². The Morgan fingerprint density at radius 2 is 1.69 bits per heavy atom. The summed E-state index contributed by atoms with van der Waals surface area (Å²) in [7, 11) is -1.78. The Morgan fingerprint density at radius 1 is 0.971 bits per heavy atom. The zero-order chi connectivity index (χ0) is 25.8. The van der Waals surface area contributed by atoms with Gasteiger partial charge in [0.1, 0.15) is 18.1 Å². The molecule has 1 aliphatic heterocycles. The number of nitrogens with zero attached hydrogens (tertiary/aromatic N) is 1. The van der Waals surface area contributed by atoms with Gasteiger partial charge in [0.25, 0.3) is 0 Å². The van der Waals surface area contributed by atoms with Gasteiger partial charge in [0.15, 0.2) is 11.5 Å². The van der Waals surface area contributed by atoms with Crippen molar-refractivity contribution in [2.75, 3.05) is 35.1 Å². The van der Waals surface area contributed by atoms with Crippen LogP contribution in [0, 0.1) is 13.8 Å². The van der Waals surface area contributed by atoms with E-state index in [-0.39, 0.29) is 25.0 Å². The quantitative estimate of drug-likeness (QED) is 0.575. The highest BCUT2D eigenvalue weighted by Gasteiger charge is 2.25. The van der Waals surface area contributed by atoms with Gasteiger partial charge < -0.3 is 25.0 Å². The number of carbonyl (C=O) groups is 3. The predicted octanol–water partition coefficient (Wildman–Crippen LogP) is 2.67. The molecule has 2 aromatic carbocycles. The Labute approximate surface area is 207 Å². The number of carbonyl (C=O) groups excluding carboxylic acids is 3. The van der Waals surface area contributed by atoms with Crippen LogP contribution in [0.3, 0.4) is 0 Å². The van der Waals surface area contributed by atoms with Gasteiger partial charge in [-0.15, -0.1) is 0 Å². The molecule has 1 atom stereocenters. The van der Waals surface area contributed by atoms with Crippen LogP contribution in [0.4, 0.5) is 11.4 Å². The highest BCUT2D eigenvalue weighted by atomic mass is 32.2. The van der Waals surface area contributed by atoms with Crippen molar-refractivity contribution in [3.8, 4) is 11.5 Å². The van der Waals surface area contributed by atoms with E-state index in [1.165, 1.54) is 4.90 Å². The van der Waals surface area contributed by atoms with Crippen molar-refractivity contribution in [2.24, 2.45) is 0 Å². The largest absolute Gasteiger partial charge is 0.454 e. The Hall–Kier alpha value is -3.40. The molecule has 0 fully saturated rings. The third kappa shape index (κ3) is 7.54. The van der Waals surface area contributed by atoms with Gasteiger partial charge in [0.05, 0.1) is 0 Å². The summed E-state index contributed by atoms with van der Waals surface area (Å²) in [5.41, 5.74) is 2.30. The van der Waals surface area contributed by atoms with Crippen LogP contribution < -0.4 is 25.0 Å². The van der Waals surface area contributed by atoms with E-state index in [1.54, 1.807) is 18.2 Å². The summed E-state index contributed by atoms with van der Waals surface area (Å²) in [6.45, 7) is 9.17. The maximum absolute atomic E-state index is 13.2. The van der Waals surface area contributed by atoms with E-state index in [0.29, 0.717) is 22.9 Å². The maximum Gasteiger partial charge on any atom is 0.240 e. The number of rotatable bonds is 8. The third-order valence-corrected chi connectivity index (χ3v) is 6.16. The van der Waals surface area contributed by atoms with E-state index in [0.717, 1.165) is 11.1 Å². The summed E-state index contributed by atoms with van der Waals surface area (Å²) in [5.74, 6) is -1.01. The van der Waals surface area contributed by atoms with Crippen LogP contribution in [0.15, 0.2) is 36.4 Å². The topological polar surface area (TPSA) is 114 Å². The Kier molecular flexibility index (Phi) is 8.16. The van der Waals surface area contributed by atoms with E-state index in [4.69, 9.17) is 9.47 Å². The van der Waals surface area contributed by atoms with Crippen molar-refractivity contribution in [3.05, 3.63) is 47.5 Å². The standard InChI is InChI=1S/C25H31N3O6S/c1-16-6-7-17(2)19(10-16)28(12-22(29)27-25(3,4)5)24(31)14-35(32)13-23(30)26-18-8-9-20-21(11-18)34-15-33-20/h6-11H,12-15H2,1-5H3,(H,26,30)(H,27,29)/t35-/m0/s1. The lowest BCUT2D eigenvalue weighted by Crippen LogP contribution is -2.48. The first-order chi connectivity index (χ1) is 16.4. The normalized spacial score (nSPS) is 13.2. The van der Waals surface area contributed by atoms with Crippen LogP contribution in [0.2, 0.25) is 0 Å². The smallest absolute Gasteiger partial charge is 0.240 e. The van der Waals surface area contributed by atoms with Gasteiger partial charge in [-0.3, -0.25) is 18.6 Å². The average molecular weight is 502 g/mol. The van der Waals surface area contributed by atoms with E-state index in [2.05, 4.69) is 10.6 Å². The molecule has 1 aliphatic rings. The molecule has 0 saturated carbocycles. The minimum atomic E-state index is -1.78. The highest BCUT2D eigenvalue weighted by Crippen LogP contribution is 2.34. The van der Waals surface area contributed by atoms with Crippen molar-refractivity contribution in [3.63, 3.8) is 0 Å². The van der Waals surface area contributed by atoms with Crippen LogP contribution in [-0.2, 0) is 25.2 Å². The molecule has 0 radical (unpaired) electrons. The maximum atomic E-state index is 13.2. The molecule has 0 spiro atoms. The Morgan fingerprint density at radius 3 is 2.40 bits per heavy atom. The predicted molar refractivity (Wildman–Crippen MR) is 135 cm³/mol. The fourth-order valence-electron chi connectivity index (χ4n) is 3.50. The van der Waals surface area contributed by atoms with E-state index >= 15 is 0 Å². The second kappa shape index (κ2) is 10.9. The molecule has 3 amide bonds. The van der Waals surface area contributed by atoms with Crippen molar-refractivity contribution < 1.29 is 28.1 Å². The molecule has 2 aromatic rings. The summed E-state index contributed by atoms with van der Waals surface area (Å²) >= 11 is 0. The van der Waals surface area contributed by atoms with Crippen molar-refractivity contribution in [2.45, 2.75) is 40.2 Å². The molecule has 0 aromatic heterocycles. The molecule has 0 aliphatic carbocycles. The van der Waals surface area contributed by atoms with Crippen molar-refractivity contribution in [1.82, 2.24) is 5.32 Å². The second-order valence-corrected chi connectivity index (χ2v) is 10.9. The van der Waals surface area contributed by atoms with E-state index < -0.39 is 33.9 Å². The molecular weight excluding hydrogens is 470 g/mol. The minimum Gasteiger partial charge on any atom is -0.454 e. The number of benzene rings is 2. The molecule has 1 heterocycles. The average Bonchev–Trinajstić information content (AvgIpc) is 3.20. The number of fused-ring (bicyclic) bond motifs is 1. The number of ether oxygens (including phenoxy) is 2. The number of anilines is 2. The van der Waals surface area contributed by atoms with Crippen LogP contribution in [0.25, 0.3) is 0 Å². The number of nitrogens with one attached hydrogen (secondary N) is 2. The fourth-order valence-corrected chi connectivity index (χ4v) is 4.40. The molecule has 3 rings (SSSR count). The summed E-state index contributed by atoms with van der Waals surface area (Å²) in [6.07, 6.45) is 0. The second-order valence-electron chi connectivity index (χ2n) is 9.41.